The Labute approximate surface area is 145 Å². The minimum Gasteiger partial charge on any atom is -0.486 e. The lowest BCUT2D eigenvalue weighted by atomic mass is 10.1. The van der Waals surface area contributed by atoms with Gasteiger partial charge in [0, 0.05) is 6.42 Å². The van der Waals surface area contributed by atoms with Crippen molar-refractivity contribution in [3.05, 3.63) is 48.0 Å². The first-order valence-electron chi connectivity index (χ1n) is 8.31. The smallest absolute Gasteiger partial charge is 0.231 e. The van der Waals surface area contributed by atoms with Crippen LogP contribution in [-0.2, 0) is 11.2 Å². The molecule has 2 aliphatic heterocycles. The van der Waals surface area contributed by atoms with Gasteiger partial charge in [-0.15, -0.1) is 0 Å². The highest BCUT2D eigenvalue weighted by Crippen LogP contribution is 2.33. The molecule has 25 heavy (non-hydrogen) atoms. The molecule has 0 saturated heterocycles. The number of fused-ring (bicyclic) bond motifs is 2. The quantitative estimate of drug-likeness (QED) is 0.904. The van der Waals surface area contributed by atoms with Crippen molar-refractivity contribution in [1.29, 1.82) is 0 Å². The number of hydrogen-bond acceptors (Lipinski definition) is 5. The van der Waals surface area contributed by atoms with E-state index in [4.69, 9.17) is 18.9 Å². The molecular weight excluding hydrogens is 322 g/mol. The Morgan fingerprint density at radius 2 is 1.80 bits per heavy atom. The molecule has 0 bridgehead atoms. The van der Waals surface area contributed by atoms with Gasteiger partial charge in [0.2, 0.25) is 12.7 Å². The van der Waals surface area contributed by atoms with E-state index in [2.05, 4.69) is 5.32 Å². The second-order valence-electron chi connectivity index (χ2n) is 5.99. The van der Waals surface area contributed by atoms with E-state index in [-0.39, 0.29) is 18.8 Å². The summed E-state index contributed by atoms with van der Waals surface area (Å²) in [5, 5.41) is 2.91. The number of rotatable bonds is 5. The number of carbonyl (C=O) groups excluding carboxylic acids is 1. The minimum absolute atomic E-state index is 0.0138. The highest BCUT2D eigenvalue weighted by atomic mass is 16.7. The van der Waals surface area contributed by atoms with Crippen LogP contribution in [0.2, 0.25) is 0 Å². The molecule has 2 aliphatic rings. The molecule has 0 spiro atoms. The number of amides is 1. The van der Waals surface area contributed by atoms with E-state index in [0.717, 1.165) is 22.8 Å². The van der Waals surface area contributed by atoms with Gasteiger partial charge in [-0.1, -0.05) is 18.2 Å². The Kier molecular flexibility index (Phi) is 4.33. The third-order valence-corrected chi connectivity index (χ3v) is 4.17. The van der Waals surface area contributed by atoms with Crippen molar-refractivity contribution in [2.45, 2.75) is 18.9 Å². The molecule has 0 fully saturated rings. The second kappa shape index (κ2) is 6.93. The van der Waals surface area contributed by atoms with Crippen LogP contribution in [0.4, 0.5) is 0 Å². The maximum atomic E-state index is 12.1. The van der Waals surface area contributed by atoms with Crippen LogP contribution in [0.1, 0.15) is 12.0 Å². The largest absolute Gasteiger partial charge is 0.486 e. The summed E-state index contributed by atoms with van der Waals surface area (Å²) in [5.41, 5.74) is 1.05. The highest BCUT2D eigenvalue weighted by Gasteiger charge is 2.21. The van der Waals surface area contributed by atoms with E-state index >= 15 is 0 Å². The molecule has 2 aromatic carbocycles. The molecule has 0 aromatic heterocycles. The average Bonchev–Trinajstić information content (AvgIpc) is 3.12. The van der Waals surface area contributed by atoms with Gasteiger partial charge >= 0.3 is 0 Å². The first kappa shape index (κ1) is 15.6. The van der Waals surface area contributed by atoms with Crippen LogP contribution < -0.4 is 24.3 Å². The Balaban J connectivity index is 1.23. The number of aryl methyl sites for hydroxylation is 1. The van der Waals surface area contributed by atoms with Gasteiger partial charge in [-0.05, 0) is 36.2 Å². The third-order valence-electron chi connectivity index (χ3n) is 4.17. The summed E-state index contributed by atoms with van der Waals surface area (Å²) in [6.45, 7) is 1.11. The first-order valence-corrected chi connectivity index (χ1v) is 8.31. The fourth-order valence-electron chi connectivity index (χ4n) is 2.83. The molecule has 1 atom stereocenters. The van der Waals surface area contributed by atoms with Gasteiger partial charge < -0.3 is 24.3 Å². The lowest BCUT2D eigenvalue weighted by Gasteiger charge is -2.26. The summed E-state index contributed by atoms with van der Waals surface area (Å²) in [5.74, 6) is 2.94. The van der Waals surface area contributed by atoms with Crippen LogP contribution in [-0.4, -0.2) is 32.0 Å². The monoisotopic (exact) mass is 341 g/mol. The summed E-state index contributed by atoms with van der Waals surface area (Å²) >= 11 is 0. The molecule has 130 valence electrons. The Bertz CT molecular complexity index is 776. The summed E-state index contributed by atoms with van der Waals surface area (Å²) in [7, 11) is 0. The van der Waals surface area contributed by atoms with Crippen molar-refractivity contribution < 1.29 is 23.7 Å². The molecule has 2 aromatic rings. The van der Waals surface area contributed by atoms with Gasteiger partial charge in [-0.3, -0.25) is 4.79 Å². The molecule has 0 aliphatic carbocycles. The van der Waals surface area contributed by atoms with Crippen LogP contribution in [0.5, 0.6) is 23.0 Å². The van der Waals surface area contributed by atoms with Gasteiger partial charge in [-0.25, -0.2) is 0 Å². The molecule has 6 heteroatoms. The summed E-state index contributed by atoms with van der Waals surface area (Å²) in [4.78, 5) is 12.1. The van der Waals surface area contributed by atoms with Crippen molar-refractivity contribution in [2.75, 3.05) is 19.9 Å². The Hall–Kier alpha value is -2.89. The fourth-order valence-corrected chi connectivity index (χ4v) is 2.83. The maximum Gasteiger partial charge on any atom is 0.231 e. The van der Waals surface area contributed by atoms with Crippen molar-refractivity contribution in [2.24, 2.45) is 0 Å². The number of hydrogen-bond donors (Lipinski definition) is 1. The molecule has 0 unspecified atom stereocenters. The molecule has 1 amide bonds. The number of benzene rings is 2. The summed E-state index contributed by atoms with van der Waals surface area (Å²) in [6.07, 6.45) is 0.876. The second-order valence-corrected chi connectivity index (χ2v) is 5.99. The zero-order chi connectivity index (χ0) is 17.1. The number of nitrogens with one attached hydrogen (secondary N) is 1. The lowest BCUT2D eigenvalue weighted by Crippen LogP contribution is -2.40. The van der Waals surface area contributed by atoms with Crippen molar-refractivity contribution in [3.63, 3.8) is 0 Å². The van der Waals surface area contributed by atoms with Gasteiger partial charge in [0.15, 0.2) is 23.0 Å². The lowest BCUT2D eigenvalue weighted by molar-refractivity contribution is -0.121. The predicted octanol–water partition coefficient (Wildman–Crippen LogP) is 2.30. The van der Waals surface area contributed by atoms with Gasteiger partial charge in [0.05, 0.1) is 6.54 Å². The summed E-state index contributed by atoms with van der Waals surface area (Å²) < 4.78 is 22.1. The van der Waals surface area contributed by atoms with Crippen molar-refractivity contribution >= 4 is 5.91 Å². The van der Waals surface area contributed by atoms with Gasteiger partial charge in [0.1, 0.15) is 12.7 Å². The predicted molar refractivity (Wildman–Crippen MR) is 90.2 cm³/mol. The Morgan fingerprint density at radius 1 is 1.00 bits per heavy atom. The first-order chi connectivity index (χ1) is 12.3. The SMILES string of the molecule is O=C(CCc1ccc2c(c1)OCO2)NC[C@H]1COc2ccccc2O1. The zero-order valence-electron chi connectivity index (χ0n) is 13.7. The van der Waals surface area contributed by atoms with E-state index in [1.54, 1.807) is 0 Å². The molecule has 1 N–H and O–H groups in total. The minimum atomic E-state index is -0.176. The van der Waals surface area contributed by atoms with Gasteiger partial charge in [-0.2, -0.15) is 0 Å². The standard InChI is InChI=1S/C19H19NO5/c21-19(8-6-13-5-7-16-18(9-13)24-12-23-16)20-10-14-11-22-15-3-1-2-4-17(15)25-14/h1-5,7,9,14H,6,8,10-12H2,(H,20,21)/t14-/m0/s1. The van der Waals surface area contributed by atoms with Crippen molar-refractivity contribution in [1.82, 2.24) is 5.32 Å². The van der Waals surface area contributed by atoms with Crippen molar-refractivity contribution in [3.8, 4) is 23.0 Å². The average molecular weight is 341 g/mol. The van der Waals surface area contributed by atoms with Crippen LogP contribution in [0.25, 0.3) is 0 Å². The molecule has 0 radical (unpaired) electrons. The number of carbonyl (C=O) groups is 1. The van der Waals surface area contributed by atoms with E-state index < -0.39 is 0 Å². The number of para-hydroxylation sites is 2. The van der Waals surface area contributed by atoms with Crippen LogP contribution in [0.15, 0.2) is 42.5 Å². The van der Waals surface area contributed by atoms with E-state index in [0.29, 0.717) is 31.7 Å². The highest BCUT2D eigenvalue weighted by molar-refractivity contribution is 5.76. The maximum absolute atomic E-state index is 12.1. The van der Waals surface area contributed by atoms with E-state index in [1.165, 1.54) is 0 Å². The Morgan fingerprint density at radius 3 is 2.72 bits per heavy atom. The molecule has 0 saturated carbocycles. The van der Waals surface area contributed by atoms with Crippen LogP contribution >= 0.6 is 0 Å². The zero-order valence-corrected chi connectivity index (χ0v) is 13.7. The van der Waals surface area contributed by atoms with E-state index in [1.807, 2.05) is 42.5 Å². The molecular formula is C19H19NO5. The van der Waals surface area contributed by atoms with E-state index in [9.17, 15) is 4.79 Å². The summed E-state index contributed by atoms with van der Waals surface area (Å²) in [6, 6.07) is 13.3. The fraction of sp³-hybridized carbons (Fsp3) is 0.316. The van der Waals surface area contributed by atoms with Crippen LogP contribution in [0, 0.1) is 0 Å². The molecule has 6 nitrogen and oxygen atoms in total. The third kappa shape index (κ3) is 3.63. The molecule has 2 heterocycles. The number of ether oxygens (including phenoxy) is 4. The topological polar surface area (TPSA) is 66.0 Å². The van der Waals surface area contributed by atoms with Crippen LogP contribution in [0.3, 0.4) is 0 Å². The normalized spacial score (nSPS) is 17.2. The van der Waals surface area contributed by atoms with Gasteiger partial charge in [0.25, 0.3) is 0 Å². The molecule has 4 rings (SSSR count).